The lowest BCUT2D eigenvalue weighted by Crippen LogP contribution is -2.33. The molecule has 0 spiro atoms. The van der Waals surface area contributed by atoms with Gasteiger partial charge in [0.25, 0.3) is 5.91 Å². The first-order valence-corrected chi connectivity index (χ1v) is 9.37. The van der Waals surface area contributed by atoms with Gasteiger partial charge in [0.05, 0.1) is 4.88 Å². The Morgan fingerprint density at radius 2 is 2.08 bits per heavy atom. The van der Waals surface area contributed by atoms with E-state index in [4.69, 9.17) is 0 Å². The zero-order valence-electron chi connectivity index (χ0n) is 13.9. The summed E-state index contributed by atoms with van der Waals surface area (Å²) >= 11 is 1.40. The lowest BCUT2D eigenvalue weighted by atomic mass is 10.2. The highest BCUT2D eigenvalue weighted by atomic mass is 32.1. The summed E-state index contributed by atoms with van der Waals surface area (Å²) in [5.41, 5.74) is 0.811. The highest BCUT2D eigenvalue weighted by Crippen LogP contribution is 2.29. The van der Waals surface area contributed by atoms with Crippen LogP contribution >= 0.6 is 11.3 Å². The number of amides is 2. The van der Waals surface area contributed by atoms with Crippen molar-refractivity contribution in [2.75, 3.05) is 6.54 Å². The molecule has 0 radical (unpaired) electrons. The number of hydrogen-bond donors (Lipinski definition) is 1. The number of nitrogens with zero attached hydrogens (tertiary/aromatic N) is 1. The summed E-state index contributed by atoms with van der Waals surface area (Å²) in [4.78, 5) is 26.9. The van der Waals surface area contributed by atoms with E-state index >= 15 is 0 Å². The van der Waals surface area contributed by atoms with Gasteiger partial charge in [-0.25, -0.2) is 4.39 Å². The summed E-state index contributed by atoms with van der Waals surface area (Å²) in [7, 11) is 0. The molecule has 25 heavy (non-hydrogen) atoms. The maximum absolute atomic E-state index is 13.3. The second-order valence-electron chi connectivity index (χ2n) is 6.22. The van der Waals surface area contributed by atoms with Crippen molar-refractivity contribution in [2.45, 2.75) is 38.3 Å². The Kier molecular flexibility index (Phi) is 5.81. The first-order valence-electron chi connectivity index (χ1n) is 8.49. The van der Waals surface area contributed by atoms with E-state index in [1.165, 1.54) is 23.5 Å². The lowest BCUT2D eigenvalue weighted by molar-refractivity contribution is -0.132. The fourth-order valence-electron chi connectivity index (χ4n) is 2.72. The predicted molar refractivity (Wildman–Crippen MR) is 95.9 cm³/mol. The Balaban J connectivity index is 1.46. The smallest absolute Gasteiger partial charge is 0.261 e. The van der Waals surface area contributed by atoms with Crippen LogP contribution in [0, 0.1) is 5.82 Å². The standard InChI is InChI=1S/C19H21FN2O2S/c20-15-5-1-4-14(12-15)13-22(16-8-9-16)18(23)7-2-10-21-19(24)17-6-3-11-25-17/h1,3-6,11-12,16H,2,7-10,13H2,(H,21,24). The third-order valence-corrected chi connectivity index (χ3v) is 5.02. The minimum atomic E-state index is -0.281. The molecule has 1 aromatic carbocycles. The van der Waals surface area contributed by atoms with Crippen molar-refractivity contribution in [3.63, 3.8) is 0 Å². The van der Waals surface area contributed by atoms with Crippen LogP contribution in [0.1, 0.15) is 40.9 Å². The molecule has 0 bridgehead atoms. The minimum Gasteiger partial charge on any atom is -0.351 e. The molecule has 1 fully saturated rings. The van der Waals surface area contributed by atoms with Gasteiger partial charge in [-0.3, -0.25) is 9.59 Å². The fourth-order valence-corrected chi connectivity index (χ4v) is 3.36. The number of carbonyl (C=O) groups excluding carboxylic acids is 2. The Morgan fingerprint density at radius 3 is 2.76 bits per heavy atom. The van der Waals surface area contributed by atoms with Gasteiger partial charge in [0, 0.05) is 25.6 Å². The first kappa shape index (κ1) is 17.6. The average molecular weight is 360 g/mol. The van der Waals surface area contributed by atoms with Crippen molar-refractivity contribution in [3.8, 4) is 0 Å². The molecule has 1 saturated carbocycles. The van der Waals surface area contributed by atoms with Crippen LogP contribution in [0.5, 0.6) is 0 Å². The van der Waals surface area contributed by atoms with E-state index in [1.54, 1.807) is 12.1 Å². The molecule has 6 heteroatoms. The molecule has 1 aliphatic rings. The predicted octanol–water partition coefficient (Wildman–Crippen LogP) is 3.59. The maximum atomic E-state index is 13.3. The number of halogens is 1. The third kappa shape index (κ3) is 5.13. The normalized spacial score (nSPS) is 13.5. The van der Waals surface area contributed by atoms with E-state index in [1.807, 2.05) is 22.4 Å². The van der Waals surface area contributed by atoms with Crippen LogP contribution in [-0.4, -0.2) is 29.3 Å². The van der Waals surface area contributed by atoms with Gasteiger partial charge < -0.3 is 10.2 Å². The first-order chi connectivity index (χ1) is 12.1. The molecule has 2 amide bonds. The number of nitrogens with one attached hydrogen (secondary N) is 1. The topological polar surface area (TPSA) is 49.4 Å². The van der Waals surface area contributed by atoms with Crippen LogP contribution in [0.3, 0.4) is 0 Å². The van der Waals surface area contributed by atoms with Crippen molar-refractivity contribution in [2.24, 2.45) is 0 Å². The molecule has 0 aliphatic heterocycles. The number of thiophene rings is 1. The number of carbonyl (C=O) groups is 2. The van der Waals surface area contributed by atoms with Crippen molar-refractivity contribution in [1.82, 2.24) is 10.2 Å². The highest BCUT2D eigenvalue weighted by molar-refractivity contribution is 7.12. The number of rotatable bonds is 8. The molecule has 2 aromatic rings. The van der Waals surface area contributed by atoms with Gasteiger partial charge in [0.2, 0.25) is 5.91 Å². The quantitative estimate of drug-likeness (QED) is 0.732. The van der Waals surface area contributed by atoms with E-state index in [2.05, 4.69) is 5.32 Å². The molecular formula is C19H21FN2O2S. The van der Waals surface area contributed by atoms with E-state index in [0.29, 0.717) is 30.8 Å². The van der Waals surface area contributed by atoms with E-state index in [0.717, 1.165) is 18.4 Å². The van der Waals surface area contributed by atoms with E-state index in [-0.39, 0.29) is 23.7 Å². The van der Waals surface area contributed by atoms with Crippen molar-refractivity contribution in [3.05, 3.63) is 58.0 Å². The summed E-state index contributed by atoms with van der Waals surface area (Å²) in [5.74, 6) is -0.310. The van der Waals surface area contributed by atoms with Gasteiger partial charge in [0.15, 0.2) is 0 Å². The third-order valence-electron chi connectivity index (χ3n) is 4.15. The zero-order valence-corrected chi connectivity index (χ0v) is 14.7. The Morgan fingerprint density at radius 1 is 1.24 bits per heavy atom. The summed E-state index contributed by atoms with van der Waals surface area (Å²) < 4.78 is 13.3. The maximum Gasteiger partial charge on any atom is 0.261 e. The summed E-state index contributed by atoms with van der Waals surface area (Å²) in [5, 5.41) is 4.69. The second-order valence-corrected chi connectivity index (χ2v) is 7.17. The molecule has 3 rings (SSSR count). The zero-order chi connectivity index (χ0) is 17.6. The van der Waals surface area contributed by atoms with Crippen LogP contribution < -0.4 is 5.32 Å². The van der Waals surface area contributed by atoms with Gasteiger partial charge in [-0.05, 0) is 48.4 Å². The SMILES string of the molecule is O=C(NCCCC(=O)N(Cc1cccc(F)c1)C1CC1)c1cccs1. The Bertz CT molecular complexity index is 729. The summed E-state index contributed by atoms with van der Waals surface area (Å²) in [6.07, 6.45) is 3.01. The number of hydrogen-bond acceptors (Lipinski definition) is 3. The Labute approximate surface area is 150 Å². The second kappa shape index (κ2) is 8.25. The van der Waals surface area contributed by atoms with Crippen molar-refractivity contribution >= 4 is 23.2 Å². The monoisotopic (exact) mass is 360 g/mol. The number of benzene rings is 1. The largest absolute Gasteiger partial charge is 0.351 e. The van der Waals surface area contributed by atoms with E-state index < -0.39 is 0 Å². The molecule has 132 valence electrons. The molecule has 0 atom stereocenters. The lowest BCUT2D eigenvalue weighted by Gasteiger charge is -2.22. The molecule has 4 nitrogen and oxygen atoms in total. The van der Waals surface area contributed by atoms with Crippen molar-refractivity contribution in [1.29, 1.82) is 0 Å². The van der Waals surface area contributed by atoms with Gasteiger partial charge in [0.1, 0.15) is 5.82 Å². The highest BCUT2D eigenvalue weighted by Gasteiger charge is 2.32. The average Bonchev–Trinajstić information content (AvgIpc) is 3.29. The van der Waals surface area contributed by atoms with Gasteiger partial charge >= 0.3 is 0 Å². The van der Waals surface area contributed by atoms with Gasteiger partial charge in [-0.1, -0.05) is 18.2 Å². The molecule has 0 saturated heterocycles. The van der Waals surface area contributed by atoms with E-state index in [9.17, 15) is 14.0 Å². The van der Waals surface area contributed by atoms with Gasteiger partial charge in [-0.15, -0.1) is 11.3 Å². The molecular weight excluding hydrogens is 339 g/mol. The molecule has 1 heterocycles. The molecule has 0 unspecified atom stereocenters. The van der Waals surface area contributed by atoms with Crippen molar-refractivity contribution < 1.29 is 14.0 Å². The van der Waals surface area contributed by atoms with Crippen LogP contribution in [0.25, 0.3) is 0 Å². The van der Waals surface area contributed by atoms with Crippen LogP contribution in [0.2, 0.25) is 0 Å². The minimum absolute atomic E-state index is 0.0668. The summed E-state index contributed by atoms with van der Waals surface area (Å²) in [6.45, 7) is 0.920. The van der Waals surface area contributed by atoms with Crippen LogP contribution in [0.4, 0.5) is 4.39 Å². The van der Waals surface area contributed by atoms with Crippen LogP contribution in [-0.2, 0) is 11.3 Å². The van der Waals surface area contributed by atoms with Gasteiger partial charge in [-0.2, -0.15) is 0 Å². The molecule has 1 aromatic heterocycles. The molecule has 1 N–H and O–H groups in total. The summed E-state index contributed by atoms with van der Waals surface area (Å²) in [6, 6.07) is 10.3. The molecule has 1 aliphatic carbocycles. The fraction of sp³-hybridized carbons (Fsp3) is 0.368. The van der Waals surface area contributed by atoms with Crippen LogP contribution in [0.15, 0.2) is 41.8 Å². The Hall–Kier alpha value is -2.21.